The predicted octanol–water partition coefficient (Wildman–Crippen LogP) is 4.29. The standard InChI is InChI=1S/C16H14ClN3/c1-10-5-4-6-11(9-10)14-15(19-20-16(14)18)12-7-2-3-8-13(12)17/h2-9H,1H3,(H3,18,19,20). The number of rotatable bonds is 2. The van der Waals surface area contributed by atoms with Gasteiger partial charge in [-0.1, -0.05) is 59.6 Å². The number of hydrogen-bond donors (Lipinski definition) is 2. The van der Waals surface area contributed by atoms with Gasteiger partial charge in [0.15, 0.2) is 5.82 Å². The average molecular weight is 284 g/mol. The largest absolute Gasteiger partial charge is 0.382 e. The zero-order valence-electron chi connectivity index (χ0n) is 11.0. The summed E-state index contributed by atoms with van der Waals surface area (Å²) in [6.07, 6.45) is 0. The van der Waals surface area contributed by atoms with Crippen LogP contribution in [0.3, 0.4) is 0 Å². The van der Waals surface area contributed by atoms with Gasteiger partial charge < -0.3 is 5.73 Å². The number of nitrogens with one attached hydrogen (secondary N) is 1. The van der Waals surface area contributed by atoms with Crippen molar-refractivity contribution in [3.8, 4) is 22.4 Å². The molecule has 3 N–H and O–H groups in total. The van der Waals surface area contributed by atoms with E-state index in [9.17, 15) is 0 Å². The third kappa shape index (κ3) is 2.17. The fraction of sp³-hybridized carbons (Fsp3) is 0.0625. The van der Waals surface area contributed by atoms with Crippen LogP contribution >= 0.6 is 11.6 Å². The molecule has 100 valence electrons. The van der Waals surface area contributed by atoms with Crippen molar-refractivity contribution in [2.45, 2.75) is 6.92 Å². The molecule has 1 heterocycles. The van der Waals surface area contributed by atoms with Gasteiger partial charge in [-0.15, -0.1) is 0 Å². The summed E-state index contributed by atoms with van der Waals surface area (Å²) in [5.41, 5.74) is 10.9. The Bertz CT molecular complexity index is 762. The van der Waals surface area contributed by atoms with Gasteiger partial charge in [0, 0.05) is 10.6 Å². The van der Waals surface area contributed by atoms with Gasteiger partial charge in [0.25, 0.3) is 0 Å². The fourth-order valence-electron chi connectivity index (χ4n) is 2.31. The Kier molecular flexibility index (Phi) is 3.20. The summed E-state index contributed by atoms with van der Waals surface area (Å²) >= 11 is 6.27. The summed E-state index contributed by atoms with van der Waals surface area (Å²) < 4.78 is 0. The highest BCUT2D eigenvalue weighted by Crippen LogP contribution is 2.37. The van der Waals surface area contributed by atoms with Crippen LogP contribution in [0.2, 0.25) is 5.02 Å². The van der Waals surface area contributed by atoms with Crippen molar-refractivity contribution in [3.63, 3.8) is 0 Å². The van der Waals surface area contributed by atoms with Crippen molar-refractivity contribution in [2.24, 2.45) is 0 Å². The van der Waals surface area contributed by atoms with Crippen LogP contribution in [0.25, 0.3) is 22.4 Å². The van der Waals surface area contributed by atoms with Gasteiger partial charge in [0.1, 0.15) is 0 Å². The molecular weight excluding hydrogens is 270 g/mol. The van der Waals surface area contributed by atoms with E-state index in [0.717, 1.165) is 22.4 Å². The van der Waals surface area contributed by atoms with Gasteiger partial charge >= 0.3 is 0 Å². The number of aromatic nitrogens is 2. The predicted molar refractivity (Wildman–Crippen MR) is 83.6 cm³/mol. The Hall–Kier alpha value is -2.26. The van der Waals surface area contributed by atoms with Crippen LogP contribution in [-0.4, -0.2) is 10.2 Å². The van der Waals surface area contributed by atoms with E-state index < -0.39 is 0 Å². The van der Waals surface area contributed by atoms with Crippen molar-refractivity contribution in [1.29, 1.82) is 0 Å². The lowest BCUT2D eigenvalue weighted by molar-refractivity contribution is 1.10. The molecule has 0 radical (unpaired) electrons. The molecule has 0 unspecified atom stereocenters. The number of benzene rings is 2. The van der Waals surface area contributed by atoms with E-state index in [1.807, 2.05) is 36.4 Å². The Labute approximate surface area is 122 Å². The molecule has 0 aliphatic carbocycles. The molecule has 0 bridgehead atoms. The van der Waals surface area contributed by atoms with Crippen LogP contribution in [0.1, 0.15) is 5.56 Å². The molecule has 0 fully saturated rings. The summed E-state index contributed by atoms with van der Waals surface area (Å²) in [7, 11) is 0. The molecule has 0 amide bonds. The SMILES string of the molecule is Cc1cccc(-c2c(N)n[nH]c2-c2ccccc2Cl)c1. The molecule has 0 saturated carbocycles. The number of aromatic amines is 1. The van der Waals surface area contributed by atoms with Gasteiger partial charge in [0.05, 0.1) is 11.3 Å². The molecule has 20 heavy (non-hydrogen) atoms. The Morgan fingerprint density at radius 2 is 1.90 bits per heavy atom. The van der Waals surface area contributed by atoms with E-state index in [1.165, 1.54) is 5.56 Å². The number of halogens is 1. The normalized spacial score (nSPS) is 10.7. The highest BCUT2D eigenvalue weighted by atomic mass is 35.5. The smallest absolute Gasteiger partial charge is 0.153 e. The number of anilines is 1. The first-order chi connectivity index (χ1) is 9.66. The zero-order chi connectivity index (χ0) is 14.1. The minimum absolute atomic E-state index is 0.477. The van der Waals surface area contributed by atoms with Crippen LogP contribution in [0.5, 0.6) is 0 Å². The van der Waals surface area contributed by atoms with Gasteiger partial charge in [-0.3, -0.25) is 5.10 Å². The van der Waals surface area contributed by atoms with Crippen molar-refractivity contribution in [3.05, 3.63) is 59.1 Å². The van der Waals surface area contributed by atoms with E-state index in [4.69, 9.17) is 17.3 Å². The average Bonchev–Trinajstić information content (AvgIpc) is 2.81. The van der Waals surface area contributed by atoms with Crippen LogP contribution < -0.4 is 5.73 Å². The lowest BCUT2D eigenvalue weighted by Crippen LogP contribution is -1.89. The maximum absolute atomic E-state index is 6.27. The number of hydrogen-bond acceptors (Lipinski definition) is 2. The second kappa shape index (κ2) is 5.02. The Morgan fingerprint density at radius 3 is 2.65 bits per heavy atom. The molecule has 0 saturated heterocycles. The second-order valence-corrected chi connectivity index (χ2v) is 5.12. The molecule has 0 aliphatic heterocycles. The fourth-order valence-corrected chi connectivity index (χ4v) is 2.54. The topological polar surface area (TPSA) is 54.7 Å². The summed E-state index contributed by atoms with van der Waals surface area (Å²) in [5, 5.41) is 7.80. The van der Waals surface area contributed by atoms with E-state index in [0.29, 0.717) is 10.8 Å². The summed E-state index contributed by atoms with van der Waals surface area (Å²) in [4.78, 5) is 0. The lowest BCUT2D eigenvalue weighted by Gasteiger charge is -2.07. The minimum atomic E-state index is 0.477. The number of H-pyrrole nitrogens is 1. The Morgan fingerprint density at radius 1 is 1.10 bits per heavy atom. The maximum atomic E-state index is 6.27. The third-order valence-electron chi connectivity index (χ3n) is 3.24. The minimum Gasteiger partial charge on any atom is -0.382 e. The van der Waals surface area contributed by atoms with Crippen molar-refractivity contribution >= 4 is 17.4 Å². The molecule has 4 heteroatoms. The van der Waals surface area contributed by atoms with Crippen molar-refractivity contribution in [1.82, 2.24) is 10.2 Å². The van der Waals surface area contributed by atoms with E-state index >= 15 is 0 Å². The number of aryl methyl sites for hydroxylation is 1. The zero-order valence-corrected chi connectivity index (χ0v) is 11.8. The van der Waals surface area contributed by atoms with E-state index in [1.54, 1.807) is 0 Å². The van der Waals surface area contributed by atoms with E-state index in [2.05, 4.69) is 29.3 Å². The number of nitrogens with zero attached hydrogens (tertiary/aromatic N) is 1. The van der Waals surface area contributed by atoms with Gasteiger partial charge in [-0.2, -0.15) is 5.10 Å². The maximum Gasteiger partial charge on any atom is 0.153 e. The first-order valence-electron chi connectivity index (χ1n) is 6.32. The summed E-state index contributed by atoms with van der Waals surface area (Å²) in [6.45, 7) is 2.05. The molecule has 0 spiro atoms. The van der Waals surface area contributed by atoms with Gasteiger partial charge in [0.2, 0.25) is 0 Å². The Balaban J connectivity index is 2.23. The van der Waals surface area contributed by atoms with Crippen LogP contribution in [0.4, 0.5) is 5.82 Å². The van der Waals surface area contributed by atoms with Crippen LogP contribution in [0.15, 0.2) is 48.5 Å². The second-order valence-electron chi connectivity index (χ2n) is 4.71. The highest BCUT2D eigenvalue weighted by molar-refractivity contribution is 6.33. The van der Waals surface area contributed by atoms with Gasteiger partial charge in [-0.05, 0) is 18.6 Å². The van der Waals surface area contributed by atoms with Crippen molar-refractivity contribution in [2.75, 3.05) is 5.73 Å². The van der Waals surface area contributed by atoms with Crippen molar-refractivity contribution < 1.29 is 0 Å². The summed E-state index contributed by atoms with van der Waals surface area (Å²) in [6, 6.07) is 15.8. The highest BCUT2D eigenvalue weighted by Gasteiger charge is 2.16. The molecule has 1 aromatic heterocycles. The molecule has 2 aromatic carbocycles. The first kappa shape index (κ1) is 12.8. The molecule has 3 rings (SSSR count). The van der Waals surface area contributed by atoms with Gasteiger partial charge in [-0.25, -0.2) is 0 Å². The molecule has 3 nitrogen and oxygen atoms in total. The first-order valence-corrected chi connectivity index (χ1v) is 6.70. The quantitative estimate of drug-likeness (QED) is 0.737. The summed E-state index contributed by atoms with van der Waals surface area (Å²) in [5.74, 6) is 0.477. The number of nitrogen functional groups attached to an aromatic ring is 1. The van der Waals surface area contributed by atoms with E-state index in [-0.39, 0.29) is 0 Å². The lowest BCUT2D eigenvalue weighted by atomic mass is 9.99. The van der Waals surface area contributed by atoms with Crippen LogP contribution in [-0.2, 0) is 0 Å². The molecule has 3 aromatic rings. The molecular formula is C16H14ClN3. The van der Waals surface area contributed by atoms with Crippen LogP contribution in [0, 0.1) is 6.92 Å². The molecule has 0 atom stereocenters. The number of nitrogens with two attached hydrogens (primary N) is 1. The monoisotopic (exact) mass is 283 g/mol. The molecule has 0 aliphatic rings. The third-order valence-corrected chi connectivity index (χ3v) is 3.57.